The number of rotatable bonds is 4. The third-order valence-corrected chi connectivity index (χ3v) is 3.91. The molecular formula is C17H19N3O. The zero-order valence-corrected chi connectivity index (χ0v) is 11.9. The summed E-state index contributed by atoms with van der Waals surface area (Å²) in [5, 5.41) is 3.03. The molecule has 1 atom stereocenters. The number of benzene rings is 1. The van der Waals surface area contributed by atoms with Crippen LogP contribution in [-0.4, -0.2) is 30.0 Å². The zero-order valence-electron chi connectivity index (χ0n) is 11.9. The highest BCUT2D eigenvalue weighted by atomic mass is 16.1. The third-order valence-electron chi connectivity index (χ3n) is 3.91. The Kier molecular flexibility index (Phi) is 4.15. The van der Waals surface area contributed by atoms with Gasteiger partial charge in [0, 0.05) is 42.8 Å². The zero-order chi connectivity index (χ0) is 14.5. The van der Waals surface area contributed by atoms with Gasteiger partial charge in [0.2, 0.25) is 0 Å². The average molecular weight is 281 g/mol. The van der Waals surface area contributed by atoms with Gasteiger partial charge in [-0.25, -0.2) is 0 Å². The van der Waals surface area contributed by atoms with Gasteiger partial charge in [-0.3, -0.25) is 9.78 Å². The maximum Gasteiger partial charge on any atom is 0.251 e. The van der Waals surface area contributed by atoms with E-state index in [4.69, 9.17) is 0 Å². The van der Waals surface area contributed by atoms with Gasteiger partial charge >= 0.3 is 0 Å². The van der Waals surface area contributed by atoms with Crippen molar-refractivity contribution < 1.29 is 4.79 Å². The molecule has 21 heavy (non-hydrogen) atoms. The number of aromatic nitrogens is 1. The van der Waals surface area contributed by atoms with Gasteiger partial charge in [0.05, 0.1) is 0 Å². The standard InChI is InChI=1S/C17H19N3O/c21-17(14-8-10-18-11-9-14)19-13-16-7-4-12-20(16)15-5-2-1-3-6-15/h1-3,5-6,8-11,16H,4,7,12-13H2,(H,19,21). The molecule has 1 N–H and O–H groups in total. The molecule has 1 aliphatic rings. The smallest absolute Gasteiger partial charge is 0.251 e. The van der Waals surface area contributed by atoms with Crippen LogP contribution in [0.25, 0.3) is 0 Å². The number of nitrogens with zero attached hydrogens (tertiary/aromatic N) is 2. The van der Waals surface area contributed by atoms with E-state index in [1.165, 1.54) is 12.1 Å². The predicted octanol–water partition coefficient (Wildman–Crippen LogP) is 2.48. The second-order valence-electron chi connectivity index (χ2n) is 5.27. The first kappa shape index (κ1) is 13.6. The molecular weight excluding hydrogens is 262 g/mol. The molecule has 108 valence electrons. The van der Waals surface area contributed by atoms with E-state index in [9.17, 15) is 4.79 Å². The minimum Gasteiger partial charge on any atom is -0.367 e. The Hall–Kier alpha value is -2.36. The van der Waals surface area contributed by atoms with Gasteiger partial charge < -0.3 is 10.2 Å². The van der Waals surface area contributed by atoms with E-state index >= 15 is 0 Å². The van der Waals surface area contributed by atoms with Gasteiger partial charge in [-0.05, 0) is 37.1 Å². The summed E-state index contributed by atoms with van der Waals surface area (Å²) in [4.78, 5) is 18.4. The lowest BCUT2D eigenvalue weighted by Crippen LogP contribution is -2.40. The number of hydrogen-bond acceptors (Lipinski definition) is 3. The van der Waals surface area contributed by atoms with Crippen LogP contribution in [0.1, 0.15) is 23.2 Å². The van der Waals surface area contributed by atoms with Crippen LogP contribution in [0, 0.1) is 0 Å². The molecule has 1 fully saturated rings. The average Bonchev–Trinajstić information content (AvgIpc) is 3.03. The SMILES string of the molecule is O=C(NCC1CCCN1c1ccccc1)c1ccncc1. The number of hydrogen-bond donors (Lipinski definition) is 1. The molecule has 2 heterocycles. The van der Waals surface area contributed by atoms with E-state index in [1.54, 1.807) is 24.5 Å². The quantitative estimate of drug-likeness (QED) is 0.936. The van der Waals surface area contributed by atoms with Crippen LogP contribution in [0.2, 0.25) is 0 Å². The molecule has 2 aromatic rings. The van der Waals surface area contributed by atoms with Crippen LogP contribution in [0.3, 0.4) is 0 Å². The third kappa shape index (κ3) is 3.21. The van der Waals surface area contributed by atoms with E-state index in [0.717, 1.165) is 13.0 Å². The molecule has 1 aromatic heterocycles. The fourth-order valence-electron chi connectivity index (χ4n) is 2.82. The summed E-state index contributed by atoms with van der Waals surface area (Å²) in [5.41, 5.74) is 1.90. The van der Waals surface area contributed by atoms with Crippen LogP contribution in [0.15, 0.2) is 54.9 Å². The lowest BCUT2D eigenvalue weighted by Gasteiger charge is -2.27. The van der Waals surface area contributed by atoms with Gasteiger partial charge in [-0.15, -0.1) is 0 Å². The van der Waals surface area contributed by atoms with Gasteiger partial charge in [0.25, 0.3) is 5.91 Å². The van der Waals surface area contributed by atoms with Crippen LogP contribution in [-0.2, 0) is 0 Å². The van der Waals surface area contributed by atoms with Crippen molar-refractivity contribution in [1.29, 1.82) is 0 Å². The molecule has 1 aliphatic heterocycles. The van der Waals surface area contributed by atoms with E-state index < -0.39 is 0 Å². The summed E-state index contributed by atoms with van der Waals surface area (Å²) < 4.78 is 0. The van der Waals surface area contributed by atoms with Crippen LogP contribution >= 0.6 is 0 Å². The Morgan fingerprint density at radius 3 is 2.71 bits per heavy atom. The van der Waals surface area contributed by atoms with E-state index in [-0.39, 0.29) is 5.91 Å². The van der Waals surface area contributed by atoms with Crippen molar-refractivity contribution in [3.63, 3.8) is 0 Å². The van der Waals surface area contributed by atoms with Crippen molar-refractivity contribution in [1.82, 2.24) is 10.3 Å². The van der Waals surface area contributed by atoms with Gasteiger partial charge in [0.15, 0.2) is 0 Å². The van der Waals surface area contributed by atoms with Gasteiger partial charge in [-0.2, -0.15) is 0 Å². The number of amides is 1. The normalized spacial score (nSPS) is 17.7. The molecule has 0 saturated carbocycles. The van der Waals surface area contributed by atoms with Crippen LogP contribution < -0.4 is 10.2 Å². The largest absolute Gasteiger partial charge is 0.367 e. The molecule has 4 nitrogen and oxygen atoms in total. The molecule has 0 bridgehead atoms. The van der Waals surface area contributed by atoms with Crippen molar-refractivity contribution in [3.05, 3.63) is 60.4 Å². The number of carbonyl (C=O) groups is 1. The van der Waals surface area contributed by atoms with E-state index in [1.807, 2.05) is 6.07 Å². The Morgan fingerprint density at radius 2 is 1.95 bits per heavy atom. The number of nitrogens with one attached hydrogen (secondary N) is 1. The monoisotopic (exact) mass is 281 g/mol. The fourth-order valence-corrected chi connectivity index (χ4v) is 2.82. The minimum atomic E-state index is -0.0303. The molecule has 0 aliphatic carbocycles. The highest BCUT2D eigenvalue weighted by Crippen LogP contribution is 2.24. The van der Waals surface area contributed by atoms with Crippen molar-refractivity contribution in [2.45, 2.75) is 18.9 Å². The highest BCUT2D eigenvalue weighted by molar-refractivity contribution is 5.94. The van der Waals surface area contributed by atoms with E-state index in [0.29, 0.717) is 18.2 Å². The predicted molar refractivity (Wildman–Crippen MR) is 83.4 cm³/mol. The van der Waals surface area contributed by atoms with E-state index in [2.05, 4.69) is 39.5 Å². The number of anilines is 1. The number of para-hydroxylation sites is 1. The molecule has 1 aromatic carbocycles. The molecule has 1 saturated heterocycles. The number of carbonyl (C=O) groups excluding carboxylic acids is 1. The summed E-state index contributed by atoms with van der Waals surface area (Å²) in [6.07, 6.45) is 5.57. The van der Waals surface area contributed by atoms with Crippen molar-refractivity contribution in [2.24, 2.45) is 0 Å². The molecule has 3 rings (SSSR count). The first-order chi connectivity index (χ1) is 10.3. The van der Waals surface area contributed by atoms with Gasteiger partial charge in [-0.1, -0.05) is 18.2 Å². The van der Waals surface area contributed by atoms with Crippen LogP contribution in [0.4, 0.5) is 5.69 Å². The van der Waals surface area contributed by atoms with Gasteiger partial charge in [0.1, 0.15) is 0 Å². The number of pyridine rings is 1. The Labute approximate surface area is 124 Å². The lowest BCUT2D eigenvalue weighted by atomic mass is 10.2. The summed E-state index contributed by atoms with van der Waals surface area (Å²) in [6.45, 7) is 1.73. The molecule has 4 heteroatoms. The van der Waals surface area contributed by atoms with Crippen molar-refractivity contribution in [3.8, 4) is 0 Å². The van der Waals surface area contributed by atoms with Crippen LogP contribution in [0.5, 0.6) is 0 Å². The topological polar surface area (TPSA) is 45.2 Å². The Morgan fingerprint density at radius 1 is 1.19 bits per heavy atom. The first-order valence-corrected chi connectivity index (χ1v) is 7.34. The summed E-state index contributed by atoms with van der Waals surface area (Å²) >= 11 is 0. The molecule has 0 spiro atoms. The minimum absolute atomic E-state index is 0.0303. The second kappa shape index (κ2) is 6.39. The maximum atomic E-state index is 12.1. The maximum absolute atomic E-state index is 12.1. The molecule has 1 amide bonds. The highest BCUT2D eigenvalue weighted by Gasteiger charge is 2.24. The summed E-state index contributed by atoms with van der Waals surface area (Å²) in [7, 11) is 0. The van der Waals surface area contributed by atoms with Crippen molar-refractivity contribution in [2.75, 3.05) is 18.0 Å². The Balaban J connectivity index is 1.61. The molecule has 0 radical (unpaired) electrons. The van der Waals surface area contributed by atoms with Crippen molar-refractivity contribution >= 4 is 11.6 Å². The summed E-state index contributed by atoms with van der Waals surface area (Å²) in [6, 6.07) is 14.2. The fraction of sp³-hybridized carbons (Fsp3) is 0.294. The second-order valence-corrected chi connectivity index (χ2v) is 5.27. The Bertz CT molecular complexity index is 585. The first-order valence-electron chi connectivity index (χ1n) is 7.34. The summed E-state index contributed by atoms with van der Waals surface area (Å²) in [5.74, 6) is -0.0303. The molecule has 1 unspecified atom stereocenters. The lowest BCUT2D eigenvalue weighted by molar-refractivity contribution is 0.0951.